The van der Waals surface area contributed by atoms with E-state index in [1.807, 2.05) is 6.07 Å². The van der Waals surface area contributed by atoms with E-state index in [2.05, 4.69) is 167 Å². The summed E-state index contributed by atoms with van der Waals surface area (Å²) in [6.45, 7) is 17.8. The summed E-state index contributed by atoms with van der Waals surface area (Å²) in [5.41, 5.74) is 17.4. The Morgan fingerprint density at radius 3 is 0.786 bits per heavy atom. The van der Waals surface area contributed by atoms with Gasteiger partial charge in [-0.1, -0.05) is 136 Å². The van der Waals surface area contributed by atoms with E-state index in [1.165, 1.54) is 76.9 Å². The molecule has 2 heteroatoms. The SMILES string of the molecule is C[NH+](C)c1ccccc1.Cc1cc(C)cc([B-](c2cc(C)cc(C)c2)(c2cc(C)cc(C)c2)c2cc(C)cc(C)c2)c1. The van der Waals surface area contributed by atoms with Crippen molar-refractivity contribution in [3.05, 3.63) is 148 Å². The van der Waals surface area contributed by atoms with Crippen LogP contribution >= 0.6 is 0 Å². The first-order valence-electron chi connectivity index (χ1n) is 15.2. The molecule has 1 N–H and O–H groups in total. The average molecular weight is 554 g/mol. The van der Waals surface area contributed by atoms with E-state index in [-0.39, 0.29) is 0 Å². The fourth-order valence-corrected chi connectivity index (χ4v) is 6.97. The molecule has 5 aromatic rings. The van der Waals surface area contributed by atoms with E-state index in [1.54, 1.807) is 0 Å². The van der Waals surface area contributed by atoms with E-state index in [4.69, 9.17) is 0 Å². The van der Waals surface area contributed by atoms with Gasteiger partial charge in [-0.25, -0.2) is 0 Å². The maximum Gasteiger partial charge on any atom is 0.130 e. The van der Waals surface area contributed by atoms with Crippen molar-refractivity contribution < 1.29 is 4.90 Å². The van der Waals surface area contributed by atoms with E-state index in [0.717, 1.165) is 0 Å². The highest BCUT2D eigenvalue weighted by Gasteiger charge is 2.33. The molecule has 0 aliphatic carbocycles. The van der Waals surface area contributed by atoms with E-state index < -0.39 is 6.15 Å². The summed E-state index contributed by atoms with van der Waals surface area (Å²) in [6, 6.07) is 38.9. The molecule has 42 heavy (non-hydrogen) atoms. The third kappa shape index (κ3) is 6.94. The zero-order valence-corrected chi connectivity index (χ0v) is 27.4. The molecule has 5 aromatic carbocycles. The van der Waals surface area contributed by atoms with Crippen LogP contribution in [0.4, 0.5) is 5.69 Å². The van der Waals surface area contributed by atoms with Gasteiger partial charge in [0.05, 0.1) is 14.1 Å². The fourth-order valence-electron chi connectivity index (χ4n) is 6.97. The Hall–Kier alpha value is -3.88. The molecule has 0 saturated carbocycles. The van der Waals surface area contributed by atoms with E-state index in [9.17, 15) is 0 Å². The molecule has 0 unspecified atom stereocenters. The molecular weight excluding hydrogens is 505 g/mol. The summed E-state index contributed by atoms with van der Waals surface area (Å²) in [5, 5.41) is 0. The van der Waals surface area contributed by atoms with Gasteiger partial charge in [0.15, 0.2) is 0 Å². The molecule has 0 radical (unpaired) electrons. The summed E-state index contributed by atoms with van der Waals surface area (Å²) >= 11 is 0. The molecule has 0 amide bonds. The number of aryl methyl sites for hydroxylation is 8. The second-order valence-corrected chi connectivity index (χ2v) is 12.9. The highest BCUT2D eigenvalue weighted by atomic mass is 15.1. The minimum atomic E-state index is -1.37. The topological polar surface area (TPSA) is 4.44 Å². The lowest BCUT2D eigenvalue weighted by Gasteiger charge is -2.46. The first-order valence-corrected chi connectivity index (χ1v) is 15.2. The van der Waals surface area contributed by atoms with Gasteiger partial charge in [0.25, 0.3) is 0 Å². The zero-order valence-electron chi connectivity index (χ0n) is 27.4. The summed E-state index contributed by atoms with van der Waals surface area (Å²) in [6.07, 6.45) is -1.37. The lowest BCUT2D eigenvalue weighted by molar-refractivity contribution is -0.786. The Bertz CT molecular complexity index is 1390. The molecule has 0 saturated heterocycles. The Balaban J connectivity index is 0.000000385. The molecule has 0 bridgehead atoms. The van der Waals surface area contributed by atoms with Gasteiger partial charge >= 0.3 is 0 Å². The van der Waals surface area contributed by atoms with Crippen molar-refractivity contribution in [2.45, 2.75) is 55.4 Å². The molecule has 216 valence electrons. The zero-order chi connectivity index (χ0) is 30.6. The van der Waals surface area contributed by atoms with Crippen LogP contribution in [0.25, 0.3) is 0 Å². The number of quaternary nitrogens is 1. The van der Waals surface area contributed by atoms with Gasteiger partial charge in [-0.3, -0.25) is 0 Å². The van der Waals surface area contributed by atoms with Gasteiger partial charge in [0, 0.05) is 0 Å². The fraction of sp³-hybridized carbons (Fsp3) is 0.250. The number of hydrogen-bond acceptors (Lipinski definition) is 0. The normalized spacial score (nSPS) is 11.3. The van der Waals surface area contributed by atoms with Crippen LogP contribution in [0, 0.1) is 55.4 Å². The van der Waals surface area contributed by atoms with Crippen LogP contribution in [-0.2, 0) is 0 Å². The molecule has 0 fully saturated rings. The van der Waals surface area contributed by atoms with Crippen LogP contribution in [-0.4, -0.2) is 20.2 Å². The highest BCUT2D eigenvalue weighted by molar-refractivity contribution is 7.20. The smallest absolute Gasteiger partial charge is 0.130 e. The lowest BCUT2D eigenvalue weighted by atomic mass is 9.12. The maximum absolute atomic E-state index is 2.42. The molecular formula is C40H48BN. The molecule has 0 spiro atoms. The second-order valence-electron chi connectivity index (χ2n) is 12.9. The van der Waals surface area contributed by atoms with Crippen molar-refractivity contribution in [2.75, 3.05) is 14.1 Å². The summed E-state index contributed by atoms with van der Waals surface area (Å²) in [7, 11) is 4.24. The summed E-state index contributed by atoms with van der Waals surface area (Å²) < 4.78 is 0. The van der Waals surface area contributed by atoms with Crippen LogP contribution in [0.5, 0.6) is 0 Å². The van der Waals surface area contributed by atoms with Crippen molar-refractivity contribution in [1.82, 2.24) is 0 Å². The van der Waals surface area contributed by atoms with Crippen molar-refractivity contribution >= 4 is 33.7 Å². The monoisotopic (exact) mass is 553 g/mol. The Morgan fingerprint density at radius 1 is 0.357 bits per heavy atom. The average Bonchev–Trinajstić information content (AvgIpc) is 2.88. The molecule has 1 nitrogen and oxygen atoms in total. The Morgan fingerprint density at radius 2 is 0.595 bits per heavy atom. The predicted octanol–water partition coefficient (Wildman–Crippen LogP) is 5.99. The van der Waals surface area contributed by atoms with Crippen molar-refractivity contribution in [3.63, 3.8) is 0 Å². The van der Waals surface area contributed by atoms with Crippen LogP contribution in [0.15, 0.2) is 103 Å². The van der Waals surface area contributed by atoms with Gasteiger partial charge in [-0.2, -0.15) is 21.9 Å². The summed E-state index contributed by atoms with van der Waals surface area (Å²) in [4.78, 5) is 1.37. The minimum Gasteiger partial charge on any atom is -0.307 e. The van der Waals surface area contributed by atoms with Crippen LogP contribution in [0.1, 0.15) is 44.5 Å². The number of para-hydroxylation sites is 1. The molecule has 0 aliphatic heterocycles. The third-order valence-electron chi connectivity index (χ3n) is 8.33. The largest absolute Gasteiger partial charge is 0.307 e. The van der Waals surface area contributed by atoms with Gasteiger partial charge in [0.2, 0.25) is 0 Å². The van der Waals surface area contributed by atoms with Crippen LogP contribution in [0.2, 0.25) is 0 Å². The van der Waals surface area contributed by atoms with Crippen molar-refractivity contribution in [2.24, 2.45) is 0 Å². The van der Waals surface area contributed by atoms with Gasteiger partial charge in [-0.15, -0.1) is 0 Å². The first-order chi connectivity index (χ1) is 19.9. The summed E-state index contributed by atoms with van der Waals surface area (Å²) in [5.74, 6) is 0. The van der Waals surface area contributed by atoms with Gasteiger partial charge in [0.1, 0.15) is 11.8 Å². The first kappa shape index (κ1) is 31.1. The number of nitrogens with one attached hydrogen (secondary N) is 1. The lowest BCUT2D eigenvalue weighted by Crippen LogP contribution is -3.00. The minimum absolute atomic E-state index is 1.31. The molecule has 0 aliphatic rings. The Kier molecular flexibility index (Phi) is 9.59. The maximum atomic E-state index is 2.42. The van der Waals surface area contributed by atoms with Gasteiger partial charge < -0.3 is 4.90 Å². The van der Waals surface area contributed by atoms with Crippen molar-refractivity contribution in [3.8, 4) is 0 Å². The van der Waals surface area contributed by atoms with E-state index in [0.29, 0.717) is 0 Å². The van der Waals surface area contributed by atoms with Crippen LogP contribution in [0.3, 0.4) is 0 Å². The molecule has 5 rings (SSSR count). The third-order valence-corrected chi connectivity index (χ3v) is 8.33. The van der Waals surface area contributed by atoms with Gasteiger partial charge in [-0.05, 0) is 67.5 Å². The Labute approximate surface area is 255 Å². The van der Waals surface area contributed by atoms with Crippen LogP contribution < -0.4 is 26.8 Å². The van der Waals surface area contributed by atoms with E-state index >= 15 is 0 Å². The quantitative estimate of drug-likeness (QED) is 0.255. The number of rotatable bonds is 5. The highest BCUT2D eigenvalue weighted by Crippen LogP contribution is 2.17. The van der Waals surface area contributed by atoms with Crippen molar-refractivity contribution in [1.29, 1.82) is 0 Å². The number of hydrogen-bond donors (Lipinski definition) is 1. The second kappa shape index (κ2) is 13.0. The molecule has 0 atom stereocenters. The molecule has 0 heterocycles. The number of benzene rings is 5. The predicted molar refractivity (Wildman–Crippen MR) is 187 cm³/mol. The standard InChI is InChI=1S/C32H36B.C8H11N/c1-21-9-22(2)14-29(13-21)33(30-15-23(3)10-24(4)16-30,31-17-25(5)11-26(6)18-31)32-19-27(7)12-28(8)20-32;1-9(2)8-6-4-3-5-7-8/h9-20H,1-8H3;3-7H,1-2H3/q-1;/p+1. The molecule has 0 aromatic heterocycles.